The van der Waals surface area contributed by atoms with Crippen LogP contribution in [0, 0.1) is 11.6 Å². The molecule has 0 aliphatic carbocycles. The number of esters is 1. The molecule has 0 N–H and O–H groups in total. The van der Waals surface area contributed by atoms with Crippen LogP contribution in [0.3, 0.4) is 0 Å². The van der Waals surface area contributed by atoms with Crippen molar-refractivity contribution in [1.82, 2.24) is 4.57 Å². The first kappa shape index (κ1) is 23.2. The van der Waals surface area contributed by atoms with Gasteiger partial charge in [0, 0.05) is 22.8 Å². The van der Waals surface area contributed by atoms with Crippen LogP contribution in [0.5, 0.6) is 0 Å². The van der Waals surface area contributed by atoms with Crippen LogP contribution >= 0.6 is 11.3 Å². The number of carbonyl (C=O) groups excluding carboxylic acids is 3. The lowest BCUT2D eigenvalue weighted by Crippen LogP contribution is -2.23. The van der Waals surface area contributed by atoms with Crippen molar-refractivity contribution < 1.29 is 27.9 Å². The van der Waals surface area contributed by atoms with Crippen molar-refractivity contribution in [3.63, 3.8) is 0 Å². The molecule has 0 aliphatic rings. The fourth-order valence-electron chi connectivity index (χ4n) is 3.37. The molecule has 0 bridgehead atoms. The lowest BCUT2D eigenvalue weighted by molar-refractivity contribution is -0.143. The molecule has 4 rings (SSSR count). The molecule has 3 aromatic carbocycles. The van der Waals surface area contributed by atoms with Crippen LogP contribution in [0.25, 0.3) is 10.2 Å². The van der Waals surface area contributed by atoms with Crippen molar-refractivity contribution >= 4 is 39.2 Å². The fourth-order valence-corrected chi connectivity index (χ4v) is 4.44. The molecule has 0 saturated heterocycles. The summed E-state index contributed by atoms with van der Waals surface area (Å²) in [6.45, 7) is 1.36. The van der Waals surface area contributed by atoms with Crippen LogP contribution < -0.4 is 4.80 Å². The van der Waals surface area contributed by atoms with Crippen molar-refractivity contribution in [3.8, 4) is 0 Å². The Kier molecular flexibility index (Phi) is 6.74. The number of ketones is 1. The van der Waals surface area contributed by atoms with Gasteiger partial charge in [-0.3, -0.25) is 14.4 Å². The van der Waals surface area contributed by atoms with Gasteiger partial charge in [-0.05, 0) is 25.1 Å². The van der Waals surface area contributed by atoms with Gasteiger partial charge in [0.05, 0.1) is 16.8 Å². The van der Waals surface area contributed by atoms with Crippen molar-refractivity contribution in [1.29, 1.82) is 0 Å². The number of nitrogens with zero attached hydrogens (tertiary/aromatic N) is 2. The third kappa shape index (κ3) is 4.84. The van der Waals surface area contributed by atoms with Crippen molar-refractivity contribution in [3.05, 3.63) is 99.9 Å². The summed E-state index contributed by atoms with van der Waals surface area (Å²) in [5.41, 5.74) is 1.07. The second-order valence-corrected chi connectivity index (χ2v) is 8.21. The number of benzene rings is 3. The van der Waals surface area contributed by atoms with E-state index in [9.17, 15) is 23.2 Å². The number of hydrogen-bond donors (Lipinski definition) is 0. The van der Waals surface area contributed by atoms with Crippen LogP contribution in [0.15, 0.2) is 71.7 Å². The molecule has 0 fully saturated rings. The first-order chi connectivity index (χ1) is 16.4. The highest BCUT2D eigenvalue weighted by molar-refractivity contribution is 7.16. The Bertz CT molecular complexity index is 1460. The van der Waals surface area contributed by atoms with Gasteiger partial charge in [0.15, 0.2) is 16.4 Å². The average molecular weight is 480 g/mol. The summed E-state index contributed by atoms with van der Waals surface area (Å²) in [4.78, 5) is 41.5. The van der Waals surface area contributed by atoms with E-state index < -0.39 is 30.1 Å². The number of rotatable bonds is 6. The van der Waals surface area contributed by atoms with E-state index in [2.05, 4.69) is 4.99 Å². The van der Waals surface area contributed by atoms with Gasteiger partial charge in [-0.15, -0.1) is 0 Å². The number of carbonyl (C=O) groups is 3. The minimum Gasteiger partial charge on any atom is -0.465 e. The van der Waals surface area contributed by atoms with Crippen LogP contribution in [0.2, 0.25) is 0 Å². The number of amides is 1. The molecule has 6 nitrogen and oxygen atoms in total. The third-order valence-electron chi connectivity index (χ3n) is 4.92. The highest BCUT2D eigenvalue weighted by atomic mass is 32.1. The number of aromatic nitrogens is 1. The molecule has 1 aromatic heterocycles. The van der Waals surface area contributed by atoms with Gasteiger partial charge in [0.1, 0.15) is 12.4 Å². The Morgan fingerprint density at radius 1 is 0.941 bits per heavy atom. The second-order valence-electron chi connectivity index (χ2n) is 7.20. The van der Waals surface area contributed by atoms with Crippen LogP contribution in [-0.2, 0) is 16.1 Å². The monoisotopic (exact) mass is 480 g/mol. The SMILES string of the molecule is CCOC(=O)Cn1c(=NC(=O)c2ccc(C(=O)c3ccccc3)cc2)sc2cc(F)cc(F)c21. The van der Waals surface area contributed by atoms with Gasteiger partial charge >= 0.3 is 5.97 Å². The number of hydrogen-bond acceptors (Lipinski definition) is 5. The second kappa shape index (κ2) is 9.88. The van der Waals surface area contributed by atoms with Gasteiger partial charge in [-0.1, -0.05) is 53.8 Å². The molecule has 0 spiro atoms. The smallest absolute Gasteiger partial charge is 0.326 e. The molecule has 1 amide bonds. The van der Waals surface area contributed by atoms with Gasteiger partial charge in [-0.2, -0.15) is 4.99 Å². The quantitative estimate of drug-likeness (QED) is 0.300. The minimum absolute atomic E-state index is 0.0157. The molecular weight excluding hydrogens is 462 g/mol. The first-order valence-corrected chi connectivity index (χ1v) is 11.1. The van der Waals surface area contributed by atoms with Crippen molar-refractivity contribution in [2.75, 3.05) is 6.61 Å². The Balaban J connectivity index is 1.70. The summed E-state index contributed by atoms with van der Waals surface area (Å²) < 4.78 is 34.5. The Hall–Kier alpha value is -3.98. The molecule has 0 aliphatic heterocycles. The summed E-state index contributed by atoms with van der Waals surface area (Å²) in [7, 11) is 0. The highest BCUT2D eigenvalue weighted by Gasteiger charge is 2.17. The van der Waals surface area contributed by atoms with Crippen molar-refractivity contribution in [2.45, 2.75) is 13.5 Å². The predicted octanol–water partition coefficient (Wildman–Crippen LogP) is 4.52. The summed E-state index contributed by atoms with van der Waals surface area (Å²) in [5.74, 6) is -3.17. The van der Waals surface area contributed by atoms with E-state index >= 15 is 0 Å². The molecule has 4 aromatic rings. The lowest BCUT2D eigenvalue weighted by atomic mass is 10.0. The minimum atomic E-state index is -0.881. The van der Waals surface area contributed by atoms with Crippen LogP contribution in [0.4, 0.5) is 8.78 Å². The number of ether oxygens (including phenoxy) is 1. The third-order valence-corrected chi connectivity index (χ3v) is 5.94. The molecule has 9 heteroatoms. The van der Waals surface area contributed by atoms with E-state index in [1.54, 1.807) is 31.2 Å². The standard InChI is InChI=1S/C25H18F2N2O4S/c1-2-33-21(30)14-29-22-19(27)12-18(26)13-20(22)34-25(29)28-24(32)17-10-8-16(9-11-17)23(31)15-6-4-3-5-7-15/h3-13H,2,14H2,1H3. The zero-order valence-corrected chi connectivity index (χ0v) is 18.8. The van der Waals surface area contributed by atoms with E-state index in [0.29, 0.717) is 17.2 Å². The largest absolute Gasteiger partial charge is 0.465 e. The Labute approximate surface area is 196 Å². The van der Waals surface area contributed by atoms with E-state index in [1.165, 1.54) is 28.8 Å². The van der Waals surface area contributed by atoms with Gasteiger partial charge in [0.2, 0.25) is 0 Å². The zero-order chi connectivity index (χ0) is 24.2. The molecule has 0 radical (unpaired) electrons. The maximum atomic E-state index is 14.5. The molecule has 0 unspecified atom stereocenters. The highest BCUT2D eigenvalue weighted by Crippen LogP contribution is 2.22. The summed E-state index contributed by atoms with van der Waals surface area (Å²) >= 11 is 0.874. The Morgan fingerprint density at radius 3 is 2.26 bits per heavy atom. The summed E-state index contributed by atoms with van der Waals surface area (Å²) in [6, 6.07) is 16.5. The maximum absolute atomic E-state index is 14.5. The van der Waals surface area contributed by atoms with E-state index in [0.717, 1.165) is 17.4 Å². The number of fused-ring (bicyclic) bond motifs is 1. The normalized spacial score (nSPS) is 11.6. The molecule has 1 heterocycles. The van der Waals surface area contributed by atoms with Crippen LogP contribution in [-0.4, -0.2) is 28.8 Å². The van der Waals surface area contributed by atoms with Crippen LogP contribution in [0.1, 0.15) is 33.2 Å². The fraction of sp³-hybridized carbons (Fsp3) is 0.120. The number of thiazole rings is 1. The molecule has 0 saturated carbocycles. The molecular formula is C25H18F2N2O4S. The van der Waals surface area contributed by atoms with E-state index in [1.807, 2.05) is 6.07 Å². The summed E-state index contributed by atoms with van der Waals surface area (Å²) in [6.07, 6.45) is 0. The topological polar surface area (TPSA) is 77.7 Å². The van der Waals surface area contributed by atoms with E-state index in [-0.39, 0.29) is 33.0 Å². The van der Waals surface area contributed by atoms with Gasteiger partial charge < -0.3 is 9.30 Å². The van der Waals surface area contributed by atoms with E-state index in [4.69, 9.17) is 4.74 Å². The molecule has 0 atom stereocenters. The lowest BCUT2D eigenvalue weighted by Gasteiger charge is -2.06. The van der Waals surface area contributed by atoms with Gasteiger partial charge in [0.25, 0.3) is 5.91 Å². The van der Waals surface area contributed by atoms with Gasteiger partial charge in [-0.25, -0.2) is 8.78 Å². The Morgan fingerprint density at radius 2 is 1.59 bits per heavy atom. The predicted molar refractivity (Wildman–Crippen MR) is 123 cm³/mol. The first-order valence-electron chi connectivity index (χ1n) is 10.3. The maximum Gasteiger partial charge on any atom is 0.326 e. The molecule has 172 valence electrons. The van der Waals surface area contributed by atoms with Crippen molar-refractivity contribution in [2.24, 2.45) is 4.99 Å². The average Bonchev–Trinajstić information content (AvgIpc) is 3.15. The number of halogens is 2. The summed E-state index contributed by atoms with van der Waals surface area (Å²) in [5, 5.41) is 0. The zero-order valence-electron chi connectivity index (χ0n) is 18.0. The molecule has 34 heavy (non-hydrogen) atoms.